The van der Waals surface area contributed by atoms with Crippen molar-refractivity contribution in [3.63, 3.8) is 0 Å². The Morgan fingerprint density at radius 2 is 2.08 bits per heavy atom. The molecule has 0 spiro atoms. The molecule has 0 fully saturated rings. The van der Waals surface area contributed by atoms with Crippen LogP contribution in [0.1, 0.15) is 39.2 Å². The van der Waals surface area contributed by atoms with E-state index in [2.05, 4.69) is 21.2 Å². The first-order chi connectivity index (χ1) is 12.0. The van der Waals surface area contributed by atoms with E-state index in [-0.39, 0.29) is 12.5 Å². The molecule has 2 aromatic rings. The summed E-state index contributed by atoms with van der Waals surface area (Å²) in [6.07, 6.45) is 3.92. The highest BCUT2D eigenvalue weighted by Gasteiger charge is 2.25. The maximum atomic E-state index is 12.3. The third kappa shape index (κ3) is 4.04. The number of benzene rings is 1. The summed E-state index contributed by atoms with van der Waals surface area (Å²) in [4.78, 5) is 25.2. The molecule has 3 N–H and O–H groups in total. The molecule has 1 aromatic carbocycles. The van der Waals surface area contributed by atoms with Crippen molar-refractivity contribution in [2.45, 2.75) is 32.6 Å². The Morgan fingerprint density at radius 1 is 1.32 bits per heavy atom. The van der Waals surface area contributed by atoms with Gasteiger partial charge in [0, 0.05) is 4.88 Å². The van der Waals surface area contributed by atoms with Gasteiger partial charge in [-0.2, -0.15) is 0 Å². The number of ether oxygens (including phenoxy) is 1. The number of fused-ring (bicyclic) bond motifs is 1. The number of hydrogen-bond acceptors (Lipinski definition) is 4. The second-order valence-electron chi connectivity index (χ2n) is 6.05. The lowest BCUT2D eigenvalue weighted by Crippen LogP contribution is -2.22. The lowest BCUT2D eigenvalue weighted by atomic mass is 9.95. The summed E-state index contributed by atoms with van der Waals surface area (Å²) in [5.74, 6) is -0.202. The van der Waals surface area contributed by atoms with Gasteiger partial charge in [0.2, 0.25) is 0 Å². The van der Waals surface area contributed by atoms with Gasteiger partial charge in [0.25, 0.3) is 11.8 Å². The van der Waals surface area contributed by atoms with Crippen molar-refractivity contribution in [3.05, 3.63) is 44.2 Å². The number of carbonyl (C=O) groups excluding carboxylic acids is 2. The standard InChI is InChI=1S/C18H19BrN2O3S/c1-10-6-7-13(12(19)8-10)24-9-15(22)21-18-16(17(20)23)11-4-2-3-5-14(11)25-18/h6-8H,2-5,9H2,1H3,(H2,20,23)(H,21,22). The van der Waals surface area contributed by atoms with Gasteiger partial charge in [-0.25, -0.2) is 0 Å². The zero-order valence-electron chi connectivity index (χ0n) is 13.9. The van der Waals surface area contributed by atoms with Crippen molar-refractivity contribution in [2.75, 3.05) is 11.9 Å². The zero-order chi connectivity index (χ0) is 18.0. The number of hydrogen-bond donors (Lipinski definition) is 2. The van der Waals surface area contributed by atoms with Crippen molar-refractivity contribution in [1.82, 2.24) is 0 Å². The molecule has 0 saturated heterocycles. The molecule has 0 saturated carbocycles. The fourth-order valence-corrected chi connectivity index (χ4v) is 4.86. The number of rotatable bonds is 5. The summed E-state index contributed by atoms with van der Waals surface area (Å²) < 4.78 is 6.35. The van der Waals surface area contributed by atoms with E-state index in [0.29, 0.717) is 16.3 Å². The van der Waals surface area contributed by atoms with Crippen LogP contribution in [0, 0.1) is 6.92 Å². The van der Waals surface area contributed by atoms with E-state index in [1.807, 2.05) is 25.1 Å². The summed E-state index contributed by atoms with van der Waals surface area (Å²) in [6, 6.07) is 5.65. The van der Waals surface area contributed by atoms with Gasteiger partial charge < -0.3 is 15.8 Å². The molecular formula is C18H19BrN2O3S. The molecule has 132 valence electrons. The molecule has 0 bridgehead atoms. The average molecular weight is 423 g/mol. The van der Waals surface area contributed by atoms with Crippen molar-refractivity contribution in [2.24, 2.45) is 5.73 Å². The topological polar surface area (TPSA) is 81.4 Å². The van der Waals surface area contributed by atoms with E-state index in [1.54, 1.807) is 0 Å². The quantitative estimate of drug-likeness (QED) is 0.768. The van der Waals surface area contributed by atoms with Crippen LogP contribution in [0.4, 0.5) is 5.00 Å². The number of aryl methyl sites for hydroxylation is 2. The summed E-state index contributed by atoms with van der Waals surface area (Å²) in [5, 5.41) is 3.33. The molecule has 0 aliphatic heterocycles. The molecular weight excluding hydrogens is 404 g/mol. The Kier molecular flexibility index (Phi) is 5.44. The van der Waals surface area contributed by atoms with Gasteiger partial charge in [0.15, 0.2) is 6.61 Å². The van der Waals surface area contributed by atoms with Gasteiger partial charge in [-0.05, 0) is 71.8 Å². The number of primary amides is 1. The van der Waals surface area contributed by atoms with E-state index in [1.165, 1.54) is 11.3 Å². The highest BCUT2D eigenvalue weighted by molar-refractivity contribution is 9.10. The lowest BCUT2D eigenvalue weighted by Gasteiger charge is -2.11. The van der Waals surface area contributed by atoms with Crippen LogP contribution in [-0.4, -0.2) is 18.4 Å². The first-order valence-corrected chi connectivity index (χ1v) is 9.70. The van der Waals surface area contributed by atoms with Crippen molar-refractivity contribution in [3.8, 4) is 5.75 Å². The molecule has 0 atom stereocenters. The SMILES string of the molecule is Cc1ccc(OCC(=O)Nc2sc3c(c2C(N)=O)CCCC3)c(Br)c1. The molecule has 1 heterocycles. The summed E-state index contributed by atoms with van der Waals surface area (Å²) >= 11 is 4.87. The Hall–Kier alpha value is -1.86. The molecule has 0 unspecified atom stereocenters. The Balaban J connectivity index is 1.70. The van der Waals surface area contributed by atoms with Gasteiger partial charge in [0.05, 0.1) is 10.0 Å². The molecule has 3 rings (SSSR count). The van der Waals surface area contributed by atoms with Crippen LogP contribution < -0.4 is 15.8 Å². The minimum atomic E-state index is -0.489. The summed E-state index contributed by atoms with van der Waals surface area (Å²) in [6.45, 7) is 1.84. The highest BCUT2D eigenvalue weighted by atomic mass is 79.9. The predicted octanol–water partition coefficient (Wildman–Crippen LogP) is 3.81. The number of halogens is 1. The Bertz CT molecular complexity index is 832. The predicted molar refractivity (Wildman–Crippen MR) is 102 cm³/mol. The van der Waals surface area contributed by atoms with Crippen LogP contribution >= 0.6 is 27.3 Å². The molecule has 5 nitrogen and oxygen atoms in total. The van der Waals surface area contributed by atoms with Gasteiger partial charge in [0.1, 0.15) is 10.8 Å². The van der Waals surface area contributed by atoms with Crippen LogP contribution in [0.3, 0.4) is 0 Å². The number of thiophene rings is 1. The Labute approximate surface area is 158 Å². The van der Waals surface area contributed by atoms with Crippen LogP contribution in [-0.2, 0) is 17.6 Å². The largest absolute Gasteiger partial charge is 0.483 e. The summed E-state index contributed by atoms with van der Waals surface area (Å²) in [7, 11) is 0. The maximum absolute atomic E-state index is 12.3. The zero-order valence-corrected chi connectivity index (χ0v) is 16.3. The molecule has 1 aliphatic carbocycles. The second-order valence-corrected chi connectivity index (χ2v) is 8.01. The van der Waals surface area contributed by atoms with Gasteiger partial charge >= 0.3 is 0 Å². The van der Waals surface area contributed by atoms with Crippen molar-refractivity contribution >= 4 is 44.1 Å². The average Bonchev–Trinajstić information content (AvgIpc) is 2.91. The highest BCUT2D eigenvalue weighted by Crippen LogP contribution is 2.37. The van der Waals surface area contributed by atoms with Crippen LogP contribution in [0.2, 0.25) is 0 Å². The number of amides is 2. The first-order valence-electron chi connectivity index (χ1n) is 8.09. The first kappa shape index (κ1) is 17.9. The third-order valence-electron chi connectivity index (χ3n) is 4.12. The fourth-order valence-electron chi connectivity index (χ4n) is 2.94. The number of nitrogens with two attached hydrogens (primary N) is 1. The van der Waals surface area contributed by atoms with E-state index < -0.39 is 5.91 Å². The molecule has 1 aromatic heterocycles. The minimum Gasteiger partial charge on any atom is -0.483 e. The second kappa shape index (κ2) is 7.58. The van der Waals surface area contributed by atoms with Gasteiger partial charge in [-0.3, -0.25) is 9.59 Å². The number of anilines is 1. The molecule has 1 aliphatic rings. The van der Waals surface area contributed by atoms with E-state index >= 15 is 0 Å². The maximum Gasteiger partial charge on any atom is 0.262 e. The number of nitrogens with one attached hydrogen (secondary N) is 1. The monoisotopic (exact) mass is 422 g/mol. The summed E-state index contributed by atoms with van der Waals surface area (Å²) in [5.41, 5.74) is 8.10. The normalized spacial score (nSPS) is 13.2. The van der Waals surface area contributed by atoms with E-state index in [0.717, 1.165) is 46.2 Å². The molecule has 7 heteroatoms. The Morgan fingerprint density at radius 3 is 2.80 bits per heavy atom. The number of carbonyl (C=O) groups is 2. The van der Waals surface area contributed by atoms with Crippen LogP contribution in [0.25, 0.3) is 0 Å². The van der Waals surface area contributed by atoms with Gasteiger partial charge in [-0.1, -0.05) is 6.07 Å². The van der Waals surface area contributed by atoms with Crippen molar-refractivity contribution < 1.29 is 14.3 Å². The van der Waals surface area contributed by atoms with Gasteiger partial charge in [-0.15, -0.1) is 11.3 Å². The molecule has 0 radical (unpaired) electrons. The van der Waals surface area contributed by atoms with Crippen LogP contribution in [0.15, 0.2) is 22.7 Å². The molecule has 25 heavy (non-hydrogen) atoms. The van der Waals surface area contributed by atoms with Crippen molar-refractivity contribution in [1.29, 1.82) is 0 Å². The third-order valence-corrected chi connectivity index (χ3v) is 5.94. The van der Waals surface area contributed by atoms with E-state index in [9.17, 15) is 9.59 Å². The molecule has 2 amide bonds. The minimum absolute atomic E-state index is 0.136. The van der Waals surface area contributed by atoms with E-state index in [4.69, 9.17) is 10.5 Å². The lowest BCUT2D eigenvalue weighted by molar-refractivity contribution is -0.118. The smallest absolute Gasteiger partial charge is 0.262 e. The van der Waals surface area contributed by atoms with Crippen LogP contribution in [0.5, 0.6) is 5.75 Å². The fraction of sp³-hybridized carbons (Fsp3) is 0.333.